The van der Waals surface area contributed by atoms with Crippen molar-refractivity contribution in [1.82, 2.24) is 0 Å². The van der Waals surface area contributed by atoms with E-state index in [0.29, 0.717) is 0 Å². The van der Waals surface area contributed by atoms with E-state index in [1.807, 2.05) is 13.8 Å². The molecule has 0 N–H and O–H groups in total. The first-order valence-electron chi connectivity index (χ1n) is 5.73. The minimum atomic E-state index is 0.0818. The lowest BCUT2D eigenvalue weighted by atomic mass is 9.87. The van der Waals surface area contributed by atoms with E-state index in [4.69, 9.17) is 0 Å². The summed E-state index contributed by atoms with van der Waals surface area (Å²) in [6.45, 7) is 10.5. The van der Waals surface area contributed by atoms with E-state index in [1.54, 1.807) is 0 Å². The summed E-state index contributed by atoms with van der Waals surface area (Å²) in [4.78, 5) is 4.67. The molecule has 0 bridgehead atoms. The molecule has 82 valence electrons. The Bertz CT molecular complexity index is 361. The van der Waals surface area contributed by atoms with E-state index in [0.717, 1.165) is 6.42 Å². The topological polar surface area (TPSA) is 12.4 Å². The van der Waals surface area contributed by atoms with Crippen LogP contribution in [0.5, 0.6) is 0 Å². The van der Waals surface area contributed by atoms with Crippen molar-refractivity contribution in [2.75, 3.05) is 0 Å². The minimum absolute atomic E-state index is 0.0818. The van der Waals surface area contributed by atoms with Crippen LogP contribution in [-0.2, 0) is 6.42 Å². The number of benzene rings is 1. The Hall–Kier alpha value is -1.11. The molecule has 0 aromatic heterocycles. The molecule has 1 aromatic rings. The number of nitrogens with zero attached hydrogens (tertiary/aromatic N) is 1. The number of fused-ring (bicyclic) bond motifs is 1. The summed E-state index contributed by atoms with van der Waals surface area (Å²) in [6, 6.07) is 8.54. The SMILES string of the molecule is CC.CC1=NC(C)(C)Cc2ccccc21. The maximum atomic E-state index is 4.67. The Balaban J connectivity index is 0.000000531. The van der Waals surface area contributed by atoms with Crippen molar-refractivity contribution < 1.29 is 0 Å². The minimum Gasteiger partial charge on any atom is -0.283 e. The van der Waals surface area contributed by atoms with E-state index in [1.165, 1.54) is 16.8 Å². The second-order valence-corrected chi connectivity index (χ2v) is 4.34. The molecule has 0 aliphatic carbocycles. The predicted octanol–water partition coefficient (Wildman–Crippen LogP) is 3.86. The average Bonchev–Trinajstić information content (AvgIpc) is 2.19. The normalized spacial score (nSPS) is 17.0. The van der Waals surface area contributed by atoms with Crippen molar-refractivity contribution in [3.63, 3.8) is 0 Å². The molecule has 0 atom stereocenters. The van der Waals surface area contributed by atoms with Gasteiger partial charge in [-0.3, -0.25) is 4.99 Å². The van der Waals surface area contributed by atoms with Crippen molar-refractivity contribution >= 4 is 5.71 Å². The zero-order valence-electron chi connectivity index (χ0n) is 10.5. The maximum Gasteiger partial charge on any atom is 0.0595 e. The Morgan fingerprint density at radius 1 is 1.13 bits per heavy atom. The van der Waals surface area contributed by atoms with Crippen LogP contribution in [0.3, 0.4) is 0 Å². The highest BCUT2D eigenvalue weighted by molar-refractivity contribution is 6.01. The zero-order chi connectivity index (χ0) is 11.5. The van der Waals surface area contributed by atoms with Gasteiger partial charge in [0.2, 0.25) is 0 Å². The highest BCUT2D eigenvalue weighted by Crippen LogP contribution is 2.26. The Labute approximate surface area is 93.2 Å². The summed E-state index contributed by atoms with van der Waals surface area (Å²) in [5.74, 6) is 0. The van der Waals surface area contributed by atoms with Crippen LogP contribution in [0.2, 0.25) is 0 Å². The summed E-state index contributed by atoms with van der Waals surface area (Å²) in [6.07, 6.45) is 1.06. The average molecular weight is 203 g/mol. The van der Waals surface area contributed by atoms with Crippen LogP contribution in [-0.4, -0.2) is 11.3 Å². The first-order valence-corrected chi connectivity index (χ1v) is 5.73. The second-order valence-electron chi connectivity index (χ2n) is 4.34. The molecular formula is C14H21N. The number of hydrogen-bond donors (Lipinski definition) is 0. The number of aliphatic imine (C=N–C) groups is 1. The summed E-state index contributed by atoms with van der Waals surface area (Å²) in [5, 5.41) is 0. The van der Waals surface area contributed by atoms with Gasteiger partial charge >= 0.3 is 0 Å². The fraction of sp³-hybridized carbons (Fsp3) is 0.500. The molecule has 1 aromatic carbocycles. The molecule has 0 radical (unpaired) electrons. The molecule has 0 saturated heterocycles. The van der Waals surface area contributed by atoms with Gasteiger partial charge in [0.1, 0.15) is 0 Å². The van der Waals surface area contributed by atoms with Gasteiger partial charge in [0.05, 0.1) is 5.54 Å². The zero-order valence-corrected chi connectivity index (χ0v) is 10.5. The van der Waals surface area contributed by atoms with Crippen molar-refractivity contribution in [1.29, 1.82) is 0 Å². The van der Waals surface area contributed by atoms with E-state index in [-0.39, 0.29) is 5.54 Å². The molecule has 0 unspecified atom stereocenters. The lowest BCUT2D eigenvalue weighted by Gasteiger charge is -2.27. The van der Waals surface area contributed by atoms with Crippen molar-refractivity contribution in [3.05, 3.63) is 35.4 Å². The highest BCUT2D eigenvalue weighted by atomic mass is 14.9. The van der Waals surface area contributed by atoms with Crippen LogP contribution in [0.1, 0.15) is 45.7 Å². The summed E-state index contributed by atoms with van der Waals surface area (Å²) in [7, 11) is 0. The number of rotatable bonds is 0. The summed E-state index contributed by atoms with van der Waals surface area (Å²) < 4.78 is 0. The van der Waals surface area contributed by atoms with Crippen LogP contribution in [0, 0.1) is 0 Å². The third kappa shape index (κ3) is 2.68. The van der Waals surface area contributed by atoms with Gasteiger partial charge in [-0.15, -0.1) is 0 Å². The molecule has 1 aliphatic heterocycles. The molecule has 0 saturated carbocycles. The van der Waals surface area contributed by atoms with Crippen LogP contribution >= 0.6 is 0 Å². The maximum absolute atomic E-state index is 4.67. The lowest BCUT2D eigenvalue weighted by molar-refractivity contribution is 0.513. The van der Waals surface area contributed by atoms with Gasteiger partial charge in [0.25, 0.3) is 0 Å². The smallest absolute Gasteiger partial charge is 0.0595 e. The van der Waals surface area contributed by atoms with Gasteiger partial charge < -0.3 is 0 Å². The Morgan fingerprint density at radius 3 is 2.40 bits per heavy atom. The summed E-state index contributed by atoms with van der Waals surface area (Å²) >= 11 is 0. The molecule has 0 spiro atoms. The van der Waals surface area contributed by atoms with E-state index in [2.05, 4.69) is 50.0 Å². The van der Waals surface area contributed by atoms with Gasteiger partial charge in [-0.1, -0.05) is 38.1 Å². The molecule has 1 heteroatoms. The van der Waals surface area contributed by atoms with Crippen molar-refractivity contribution in [2.45, 2.75) is 46.6 Å². The molecular weight excluding hydrogens is 182 g/mol. The largest absolute Gasteiger partial charge is 0.283 e. The monoisotopic (exact) mass is 203 g/mol. The first kappa shape index (κ1) is 12.0. The van der Waals surface area contributed by atoms with Crippen LogP contribution in [0.4, 0.5) is 0 Å². The molecule has 0 fully saturated rings. The second kappa shape index (κ2) is 4.61. The molecule has 0 amide bonds. The van der Waals surface area contributed by atoms with Gasteiger partial charge in [-0.05, 0) is 38.3 Å². The fourth-order valence-electron chi connectivity index (χ4n) is 2.05. The highest BCUT2D eigenvalue weighted by Gasteiger charge is 2.23. The van der Waals surface area contributed by atoms with Gasteiger partial charge in [0, 0.05) is 5.71 Å². The molecule has 2 rings (SSSR count). The molecule has 1 nitrogen and oxygen atoms in total. The fourth-order valence-corrected chi connectivity index (χ4v) is 2.05. The van der Waals surface area contributed by atoms with Gasteiger partial charge in [-0.2, -0.15) is 0 Å². The quantitative estimate of drug-likeness (QED) is 0.607. The summed E-state index contributed by atoms with van der Waals surface area (Å²) in [5.41, 5.74) is 4.01. The van der Waals surface area contributed by atoms with Crippen molar-refractivity contribution in [3.8, 4) is 0 Å². The van der Waals surface area contributed by atoms with Gasteiger partial charge in [0.15, 0.2) is 0 Å². The van der Waals surface area contributed by atoms with E-state index in [9.17, 15) is 0 Å². The Kier molecular flexibility index (Phi) is 3.67. The van der Waals surface area contributed by atoms with Gasteiger partial charge in [-0.25, -0.2) is 0 Å². The molecule has 1 heterocycles. The van der Waals surface area contributed by atoms with Crippen LogP contribution in [0.15, 0.2) is 29.3 Å². The molecule has 15 heavy (non-hydrogen) atoms. The third-order valence-electron chi connectivity index (χ3n) is 2.50. The number of hydrogen-bond acceptors (Lipinski definition) is 1. The predicted molar refractivity (Wildman–Crippen MR) is 67.8 cm³/mol. The lowest BCUT2D eigenvalue weighted by Crippen LogP contribution is -2.27. The standard InChI is InChI=1S/C12H15N.C2H6/c1-9-11-7-5-4-6-10(11)8-12(2,3)13-9;1-2/h4-7H,8H2,1-3H3;1-2H3. The Morgan fingerprint density at radius 2 is 1.73 bits per heavy atom. The van der Waals surface area contributed by atoms with E-state index >= 15 is 0 Å². The first-order chi connectivity index (χ1) is 7.08. The van der Waals surface area contributed by atoms with Crippen LogP contribution in [0.25, 0.3) is 0 Å². The van der Waals surface area contributed by atoms with Crippen LogP contribution < -0.4 is 0 Å². The third-order valence-corrected chi connectivity index (χ3v) is 2.50. The van der Waals surface area contributed by atoms with E-state index < -0.39 is 0 Å². The molecule has 1 aliphatic rings. The van der Waals surface area contributed by atoms with Crippen molar-refractivity contribution in [2.24, 2.45) is 4.99 Å².